The van der Waals surface area contributed by atoms with E-state index >= 15 is 0 Å². The number of carboxylic acid groups (broad SMARTS) is 1. The van der Waals surface area contributed by atoms with Crippen molar-refractivity contribution in [3.63, 3.8) is 0 Å². The minimum Gasteiger partial charge on any atom is -0.478 e. The summed E-state index contributed by atoms with van der Waals surface area (Å²) < 4.78 is 38.7. The highest BCUT2D eigenvalue weighted by Gasteiger charge is 2.56. The molecule has 2 fully saturated rings. The molecule has 0 unspecified atom stereocenters. The number of carbonyl (C=O) groups excluding carboxylic acids is 6. The van der Waals surface area contributed by atoms with Gasteiger partial charge in [-0.1, -0.05) is 58.9 Å². The second-order valence-corrected chi connectivity index (χ2v) is 19.6. The molecule has 8 rings (SSSR count). The number of H-pyrrole nitrogens is 1. The van der Waals surface area contributed by atoms with E-state index in [4.69, 9.17) is 38.0 Å². The number of hydroxylamine groups is 1. The molecule has 2 saturated heterocycles. The number of hydrogen-bond donors (Lipinski definition) is 3. The molecular formula is C48H52N4O16S2. The van der Waals surface area contributed by atoms with E-state index in [1.807, 2.05) is 28.5 Å². The van der Waals surface area contributed by atoms with Crippen LogP contribution in [0.15, 0.2) is 35.4 Å². The summed E-state index contributed by atoms with van der Waals surface area (Å²) in [6, 6.07) is 3.79. The molecule has 20 nitrogen and oxygen atoms in total. The highest BCUT2D eigenvalue weighted by Crippen LogP contribution is 2.50. The second kappa shape index (κ2) is 22.2. The number of nitrogens with one attached hydrogen (secondary N) is 2. The first kappa shape index (κ1) is 50.8. The van der Waals surface area contributed by atoms with Crippen molar-refractivity contribution in [2.75, 3.05) is 72.0 Å². The largest absolute Gasteiger partial charge is 0.478 e. The Morgan fingerprint density at radius 2 is 1.33 bits per heavy atom. The van der Waals surface area contributed by atoms with Crippen molar-refractivity contribution >= 4 is 68.3 Å². The molecule has 5 aliphatic rings. The first-order chi connectivity index (χ1) is 33.8. The van der Waals surface area contributed by atoms with Gasteiger partial charge in [0.25, 0.3) is 17.5 Å². The molecule has 3 aromatic heterocycles. The number of pyridine rings is 2. The summed E-state index contributed by atoms with van der Waals surface area (Å²) >= 11 is 0. The van der Waals surface area contributed by atoms with Gasteiger partial charge in [0.1, 0.15) is 35.1 Å². The topological polar surface area (TPSA) is 267 Å². The zero-order valence-electron chi connectivity index (χ0n) is 38.8. The lowest BCUT2D eigenvalue weighted by molar-refractivity contribution is -0.126. The molecule has 0 atom stereocenters. The number of ether oxygens (including phenoxy) is 7. The quantitative estimate of drug-likeness (QED) is 0.0312. The van der Waals surface area contributed by atoms with Gasteiger partial charge in [0, 0.05) is 40.4 Å². The Bertz CT molecular complexity index is 2660. The van der Waals surface area contributed by atoms with Crippen molar-refractivity contribution in [1.29, 1.82) is 0 Å². The van der Waals surface area contributed by atoms with Gasteiger partial charge in [-0.25, -0.2) is 29.8 Å². The molecule has 3 aliphatic carbocycles. The molecule has 70 heavy (non-hydrogen) atoms. The van der Waals surface area contributed by atoms with Gasteiger partial charge in [-0.05, 0) is 62.8 Å². The van der Waals surface area contributed by atoms with Crippen LogP contribution in [0.5, 0.6) is 0 Å². The Morgan fingerprint density at radius 1 is 0.743 bits per heavy atom. The summed E-state index contributed by atoms with van der Waals surface area (Å²) in [5.74, 6) is -7.17. The lowest BCUT2D eigenvalue weighted by Crippen LogP contribution is -2.45. The highest BCUT2D eigenvalue weighted by molar-refractivity contribution is 8.76. The number of fused-ring (bicyclic) bond motifs is 7. The van der Waals surface area contributed by atoms with Gasteiger partial charge in [-0.2, -0.15) is 0 Å². The number of carboxylic acids is 1. The van der Waals surface area contributed by atoms with E-state index in [1.165, 1.54) is 26.4 Å². The predicted octanol–water partition coefficient (Wildman–Crippen LogP) is 6.25. The van der Waals surface area contributed by atoms with Gasteiger partial charge in [-0.3, -0.25) is 24.0 Å². The number of aromatic nitrogens is 3. The molecule has 2 aliphatic heterocycles. The van der Waals surface area contributed by atoms with Crippen molar-refractivity contribution < 1.29 is 76.7 Å². The van der Waals surface area contributed by atoms with Crippen LogP contribution in [0, 0.1) is 0 Å². The van der Waals surface area contributed by atoms with Crippen molar-refractivity contribution in [1.82, 2.24) is 20.4 Å². The van der Waals surface area contributed by atoms with Crippen LogP contribution in [0.2, 0.25) is 0 Å². The van der Waals surface area contributed by atoms with E-state index < -0.39 is 52.7 Å². The van der Waals surface area contributed by atoms with Crippen LogP contribution in [0.3, 0.4) is 0 Å². The van der Waals surface area contributed by atoms with E-state index in [1.54, 1.807) is 6.08 Å². The van der Waals surface area contributed by atoms with E-state index in [-0.39, 0.29) is 102 Å². The highest BCUT2D eigenvalue weighted by atomic mass is 33.1. The number of rotatable bonds is 23. The maximum Gasteiger partial charge on any atom is 0.354 e. The van der Waals surface area contributed by atoms with Gasteiger partial charge < -0.3 is 43.2 Å². The number of nitrogens with zero attached hydrogens (tertiary/aromatic N) is 2. The van der Waals surface area contributed by atoms with Gasteiger partial charge in [0.15, 0.2) is 0 Å². The Balaban J connectivity index is 0.691. The fraction of sp³-hybridized carbons (Fsp3) is 0.479. The number of methoxy groups -OCH3 is 2. The number of ketones is 3. The molecule has 372 valence electrons. The summed E-state index contributed by atoms with van der Waals surface area (Å²) in [5, 5.41) is 10.1. The van der Waals surface area contributed by atoms with Crippen LogP contribution >= 0.6 is 21.6 Å². The predicted molar refractivity (Wildman–Crippen MR) is 250 cm³/mol. The second-order valence-electron chi connectivity index (χ2n) is 16.9. The molecule has 0 bridgehead atoms. The van der Waals surface area contributed by atoms with Crippen LogP contribution in [0.4, 0.5) is 0 Å². The summed E-state index contributed by atoms with van der Waals surface area (Å²) in [5.41, 5.74) is 3.73. The molecule has 5 heterocycles. The zero-order chi connectivity index (χ0) is 49.6. The SMILES string of the molecule is COC(=O)c1cc2c([nH]1)-c1c(C(=O)OC)cc(C(=O)COCCCCCCSSCCCCCCONC(=O)c3cc(C(=O)O)c4c(n3)C(=O)C3(OCCO3)C3=C4CC(C)=C3)nc1C(=O)C21OCCO1. The molecule has 1 amide bonds. The van der Waals surface area contributed by atoms with Gasteiger partial charge in [-0.15, -0.1) is 0 Å². The van der Waals surface area contributed by atoms with Crippen LogP contribution in [0.25, 0.3) is 16.8 Å². The average molecular weight is 1010 g/mol. The minimum absolute atomic E-state index is 0.00533. The summed E-state index contributed by atoms with van der Waals surface area (Å²) in [7, 11) is 6.01. The normalized spacial score (nSPS) is 17.0. The number of aromatic amines is 1. The van der Waals surface area contributed by atoms with Crippen molar-refractivity contribution in [3.8, 4) is 11.3 Å². The third kappa shape index (κ3) is 10.0. The Kier molecular flexibility index (Phi) is 16.1. The number of unbranched alkanes of at least 4 members (excludes halogenated alkanes) is 6. The van der Waals surface area contributed by atoms with Gasteiger partial charge in [0.2, 0.25) is 17.3 Å². The maximum atomic E-state index is 14.0. The first-order valence-corrected chi connectivity index (χ1v) is 25.4. The third-order valence-corrected chi connectivity index (χ3v) is 14.8. The summed E-state index contributed by atoms with van der Waals surface area (Å²) in [6.07, 6.45) is 9.42. The Hall–Kier alpha value is -5.59. The van der Waals surface area contributed by atoms with E-state index in [0.717, 1.165) is 68.1 Å². The van der Waals surface area contributed by atoms with Gasteiger partial charge in [0.05, 0.1) is 64.1 Å². The third-order valence-electron chi connectivity index (χ3n) is 12.2. The number of allylic oxidation sites excluding steroid dienone is 2. The molecular weight excluding hydrogens is 953 g/mol. The zero-order valence-corrected chi connectivity index (χ0v) is 40.5. The number of amides is 1. The smallest absolute Gasteiger partial charge is 0.354 e. The molecule has 3 aromatic rings. The molecule has 0 saturated carbocycles. The van der Waals surface area contributed by atoms with Gasteiger partial charge >= 0.3 is 17.9 Å². The molecule has 0 radical (unpaired) electrons. The average Bonchev–Trinajstić information content (AvgIpc) is 4.21. The monoisotopic (exact) mass is 1000 g/mol. The Morgan fingerprint density at radius 3 is 1.99 bits per heavy atom. The van der Waals surface area contributed by atoms with Crippen LogP contribution in [-0.2, 0) is 43.8 Å². The molecule has 22 heteroatoms. The number of aromatic carboxylic acids is 1. The number of esters is 2. The van der Waals surface area contributed by atoms with Crippen LogP contribution in [-0.4, -0.2) is 139 Å². The minimum atomic E-state index is -1.93. The first-order valence-electron chi connectivity index (χ1n) is 22.9. The van der Waals surface area contributed by atoms with Crippen molar-refractivity contribution in [2.45, 2.75) is 76.3 Å². The fourth-order valence-electron chi connectivity index (χ4n) is 8.97. The lowest BCUT2D eigenvalue weighted by Gasteiger charge is -2.32. The summed E-state index contributed by atoms with van der Waals surface area (Å²) in [4.78, 5) is 109. The fourth-order valence-corrected chi connectivity index (χ4v) is 11.3. The van der Waals surface area contributed by atoms with Crippen LogP contribution in [0.1, 0.15) is 149 Å². The van der Waals surface area contributed by atoms with Crippen molar-refractivity contribution in [3.05, 3.63) is 86.1 Å². The standard InChI is InChI=1S/C48H52N4O16S2/c1-26-20-27-30(21-26)47(64-14-15-65-47)41(54)39-36(27)28(44(57)58)22-33(50-39)43(56)52-68-13-9-5-7-11-19-70-69-18-10-6-4-8-12-63-25-35(53)32-23-29(45(59)61-2)37-38-31(24-34(51-38)46(60)62-3)48(66-16-17-67-48)42(55)40(37)49-32/h21-24,51H,4-20,25H2,1-3H3,(H,52,56)(H,57,58). The van der Waals surface area contributed by atoms with E-state index in [0.29, 0.717) is 30.6 Å². The molecule has 3 N–H and O–H groups in total. The lowest BCUT2D eigenvalue weighted by atomic mass is 9.82. The molecule has 0 aromatic carbocycles. The van der Waals surface area contributed by atoms with E-state index in [2.05, 4.69) is 20.4 Å². The number of hydrogen-bond acceptors (Lipinski definition) is 19. The maximum absolute atomic E-state index is 14.0. The Labute approximate surface area is 409 Å². The van der Waals surface area contributed by atoms with Crippen molar-refractivity contribution in [2.24, 2.45) is 0 Å². The number of carbonyl (C=O) groups is 7. The molecule has 2 spiro atoms. The van der Waals surface area contributed by atoms with E-state index in [9.17, 15) is 38.7 Å². The number of Topliss-reactive ketones (excluding diaryl/α,β-unsaturated/α-hetero) is 3. The summed E-state index contributed by atoms with van der Waals surface area (Å²) in [6.45, 7) is 2.66. The van der Waals surface area contributed by atoms with Crippen LogP contribution < -0.4 is 5.48 Å².